The zero-order chi connectivity index (χ0) is 13.3. The number of nitrogens with one attached hydrogen (secondary N) is 1. The molecule has 0 bridgehead atoms. The molecule has 1 N–H and O–H groups in total. The zero-order valence-corrected chi connectivity index (χ0v) is 12.0. The Morgan fingerprint density at radius 2 is 2.11 bits per heavy atom. The molecule has 1 aromatic rings. The smallest absolute Gasteiger partial charge is 0.272 e. The van der Waals surface area contributed by atoms with Gasteiger partial charge in [0.1, 0.15) is 4.87 Å². The van der Waals surface area contributed by atoms with E-state index in [9.17, 15) is 4.79 Å². The number of hydrazine groups is 1. The quantitative estimate of drug-likeness (QED) is 0.862. The van der Waals surface area contributed by atoms with Crippen molar-refractivity contribution in [3.63, 3.8) is 0 Å². The summed E-state index contributed by atoms with van der Waals surface area (Å²) in [5.74, 6) is -0.156. The fourth-order valence-corrected chi connectivity index (χ4v) is 2.82. The molecule has 1 aliphatic heterocycles. The minimum atomic E-state index is -0.398. The van der Waals surface area contributed by atoms with Gasteiger partial charge in [0.15, 0.2) is 5.17 Å². The molecule has 0 spiro atoms. The third-order valence-corrected chi connectivity index (χ3v) is 4.08. The molecule has 0 aliphatic carbocycles. The lowest BCUT2D eigenvalue weighted by atomic mass is 10.2. The first-order chi connectivity index (χ1) is 8.45. The summed E-state index contributed by atoms with van der Waals surface area (Å²) < 4.78 is 0. The fraction of sp³-hybridized carbons (Fsp3) is 0.333. The Bertz CT molecular complexity index is 516. The second-order valence-electron chi connectivity index (χ2n) is 4.31. The summed E-state index contributed by atoms with van der Waals surface area (Å²) >= 11 is 7.55. The normalized spacial score (nSPS) is 20.0. The maximum atomic E-state index is 12.5. The second kappa shape index (κ2) is 4.82. The van der Waals surface area contributed by atoms with Gasteiger partial charge in [-0.15, -0.1) is 0 Å². The molecule has 4 nitrogen and oxygen atoms in total. The van der Waals surface area contributed by atoms with Crippen molar-refractivity contribution in [1.29, 1.82) is 0 Å². The molecule has 0 radical (unpaired) electrons. The van der Waals surface area contributed by atoms with Gasteiger partial charge in [-0.3, -0.25) is 15.2 Å². The highest BCUT2D eigenvalue weighted by atomic mass is 35.5. The van der Waals surface area contributed by atoms with Gasteiger partial charge < -0.3 is 0 Å². The van der Waals surface area contributed by atoms with E-state index in [0.29, 0.717) is 10.6 Å². The second-order valence-corrected chi connectivity index (χ2v) is 6.31. The topological polar surface area (TPSA) is 44.7 Å². The van der Waals surface area contributed by atoms with Gasteiger partial charge in [0.25, 0.3) is 5.91 Å². The third-order valence-electron chi connectivity index (χ3n) is 2.60. The van der Waals surface area contributed by atoms with E-state index >= 15 is 0 Å². The molecule has 6 heteroatoms. The highest BCUT2D eigenvalue weighted by Crippen LogP contribution is 2.35. The lowest BCUT2D eigenvalue weighted by Gasteiger charge is -2.28. The monoisotopic (exact) mass is 283 g/mol. The average molecular weight is 284 g/mol. The van der Waals surface area contributed by atoms with Gasteiger partial charge in [-0.05, 0) is 26.0 Å². The van der Waals surface area contributed by atoms with Gasteiger partial charge in [0.05, 0.1) is 10.6 Å². The number of aliphatic imine (C=N–C) groups is 1. The SMILES string of the molecule is CN=C1NN(C(=O)c2ccccc2Cl)C(C)(C)S1. The molecule has 0 saturated carbocycles. The van der Waals surface area contributed by atoms with Gasteiger partial charge in [-0.25, -0.2) is 5.01 Å². The van der Waals surface area contributed by atoms with E-state index in [0.717, 1.165) is 5.17 Å². The molecular weight excluding hydrogens is 270 g/mol. The minimum Gasteiger partial charge on any atom is -0.272 e. The van der Waals surface area contributed by atoms with E-state index in [4.69, 9.17) is 11.6 Å². The van der Waals surface area contributed by atoms with Crippen LogP contribution < -0.4 is 5.43 Å². The Hall–Kier alpha value is -1.20. The molecule has 18 heavy (non-hydrogen) atoms. The van der Waals surface area contributed by atoms with Crippen molar-refractivity contribution in [3.05, 3.63) is 34.9 Å². The molecule has 0 unspecified atom stereocenters. The number of hydrogen-bond acceptors (Lipinski definition) is 3. The van der Waals surface area contributed by atoms with E-state index < -0.39 is 4.87 Å². The Kier molecular flexibility index (Phi) is 3.54. The number of amidine groups is 1. The Labute approximate surface area is 115 Å². The van der Waals surface area contributed by atoms with Crippen LogP contribution in [0.25, 0.3) is 0 Å². The first-order valence-corrected chi connectivity index (χ1v) is 6.66. The van der Waals surface area contributed by atoms with Crippen LogP contribution in [0.4, 0.5) is 0 Å². The van der Waals surface area contributed by atoms with E-state index in [1.807, 2.05) is 13.8 Å². The van der Waals surface area contributed by atoms with Gasteiger partial charge in [0, 0.05) is 7.05 Å². The van der Waals surface area contributed by atoms with Crippen LogP contribution >= 0.6 is 23.4 Å². The number of nitrogens with zero attached hydrogens (tertiary/aromatic N) is 2. The van der Waals surface area contributed by atoms with Crippen LogP contribution in [-0.2, 0) is 0 Å². The van der Waals surface area contributed by atoms with Crippen molar-refractivity contribution in [1.82, 2.24) is 10.4 Å². The van der Waals surface area contributed by atoms with Gasteiger partial charge >= 0.3 is 0 Å². The number of carbonyl (C=O) groups excluding carboxylic acids is 1. The molecule has 0 atom stereocenters. The molecule has 1 aliphatic rings. The fourth-order valence-electron chi connectivity index (χ4n) is 1.68. The number of thioether (sulfide) groups is 1. The van der Waals surface area contributed by atoms with Crippen molar-refractivity contribution in [2.24, 2.45) is 4.99 Å². The number of halogens is 1. The summed E-state index contributed by atoms with van der Waals surface area (Å²) in [6.07, 6.45) is 0. The number of benzene rings is 1. The highest BCUT2D eigenvalue weighted by Gasteiger charge is 2.41. The molecular formula is C12H14ClN3OS. The molecule has 1 saturated heterocycles. The Morgan fingerprint density at radius 1 is 1.44 bits per heavy atom. The Morgan fingerprint density at radius 3 is 2.67 bits per heavy atom. The molecule has 0 aromatic heterocycles. The van der Waals surface area contributed by atoms with Crippen LogP contribution in [0.2, 0.25) is 5.02 Å². The standard InChI is InChI=1S/C12H14ClN3OS/c1-12(2)16(15-11(14-3)18-12)10(17)8-6-4-5-7-9(8)13/h4-7H,1-3H3,(H,14,15). The summed E-state index contributed by atoms with van der Waals surface area (Å²) in [5, 5.41) is 2.73. The van der Waals surface area contributed by atoms with E-state index in [1.165, 1.54) is 11.8 Å². The first kappa shape index (κ1) is 13.2. The number of rotatable bonds is 1. The predicted octanol–water partition coefficient (Wildman–Crippen LogP) is 2.76. The molecule has 96 valence electrons. The maximum absolute atomic E-state index is 12.5. The van der Waals surface area contributed by atoms with Crippen LogP contribution in [0.1, 0.15) is 24.2 Å². The number of hydrogen-bond donors (Lipinski definition) is 1. The Balaban J connectivity index is 2.33. The van der Waals surface area contributed by atoms with E-state index in [2.05, 4.69) is 10.4 Å². The van der Waals surface area contributed by atoms with Gasteiger partial charge in [-0.1, -0.05) is 35.5 Å². The van der Waals surface area contributed by atoms with Crippen LogP contribution in [-0.4, -0.2) is 28.0 Å². The van der Waals surface area contributed by atoms with Gasteiger partial charge in [0.2, 0.25) is 0 Å². The molecule has 1 amide bonds. The highest BCUT2D eigenvalue weighted by molar-refractivity contribution is 8.15. The molecule has 1 aromatic carbocycles. The van der Waals surface area contributed by atoms with Crippen LogP contribution in [0.15, 0.2) is 29.3 Å². The zero-order valence-electron chi connectivity index (χ0n) is 10.4. The largest absolute Gasteiger partial charge is 0.275 e. The van der Waals surface area contributed by atoms with Crippen LogP contribution in [0.5, 0.6) is 0 Å². The summed E-state index contributed by atoms with van der Waals surface area (Å²) in [5.41, 5.74) is 3.48. The van der Waals surface area contributed by atoms with Gasteiger partial charge in [-0.2, -0.15) is 0 Å². The summed E-state index contributed by atoms with van der Waals surface area (Å²) in [6, 6.07) is 7.02. The lowest BCUT2D eigenvalue weighted by molar-refractivity contribution is 0.0631. The number of carbonyl (C=O) groups is 1. The summed E-state index contributed by atoms with van der Waals surface area (Å²) in [6.45, 7) is 3.91. The van der Waals surface area contributed by atoms with E-state index in [1.54, 1.807) is 36.3 Å². The molecule has 1 fully saturated rings. The average Bonchev–Trinajstić information content (AvgIpc) is 2.64. The minimum absolute atomic E-state index is 0.156. The van der Waals surface area contributed by atoms with E-state index in [-0.39, 0.29) is 5.91 Å². The first-order valence-electron chi connectivity index (χ1n) is 5.47. The van der Waals surface area contributed by atoms with Crippen molar-refractivity contribution in [2.75, 3.05) is 7.05 Å². The molecule has 2 rings (SSSR count). The lowest BCUT2D eigenvalue weighted by Crippen LogP contribution is -2.48. The molecule has 1 heterocycles. The maximum Gasteiger partial charge on any atom is 0.275 e. The predicted molar refractivity (Wildman–Crippen MR) is 75.8 cm³/mol. The summed E-state index contributed by atoms with van der Waals surface area (Å²) in [4.78, 5) is 16.1. The van der Waals surface area contributed by atoms with Crippen molar-refractivity contribution >= 4 is 34.4 Å². The van der Waals surface area contributed by atoms with Crippen molar-refractivity contribution < 1.29 is 4.79 Å². The summed E-state index contributed by atoms with van der Waals surface area (Å²) in [7, 11) is 1.69. The van der Waals surface area contributed by atoms with Crippen LogP contribution in [0.3, 0.4) is 0 Å². The van der Waals surface area contributed by atoms with Crippen LogP contribution in [0, 0.1) is 0 Å². The number of amides is 1. The van der Waals surface area contributed by atoms with Crippen molar-refractivity contribution in [2.45, 2.75) is 18.7 Å². The van der Waals surface area contributed by atoms with Crippen molar-refractivity contribution in [3.8, 4) is 0 Å². The third kappa shape index (κ3) is 2.33.